The number of urea groups is 1. The van der Waals surface area contributed by atoms with Crippen molar-refractivity contribution in [3.63, 3.8) is 0 Å². The van der Waals surface area contributed by atoms with Crippen LogP contribution in [0.2, 0.25) is 0 Å². The zero-order valence-electron chi connectivity index (χ0n) is 17.9. The SMILES string of the molecule is CCOC(=O)CC1(NC(=O)N2CC[C@H](n3c(C)nc4cccnc43)C2)CCCCC1. The molecule has 2 aliphatic rings. The fraction of sp³-hybridized carbons (Fsp3) is 0.636. The van der Waals surface area contributed by atoms with E-state index < -0.39 is 5.54 Å². The molecule has 30 heavy (non-hydrogen) atoms. The molecule has 8 heteroatoms. The van der Waals surface area contributed by atoms with Crippen molar-refractivity contribution in [1.82, 2.24) is 24.8 Å². The van der Waals surface area contributed by atoms with E-state index in [-0.39, 0.29) is 24.5 Å². The first-order chi connectivity index (χ1) is 14.5. The van der Waals surface area contributed by atoms with Crippen LogP contribution in [0, 0.1) is 6.92 Å². The Balaban J connectivity index is 1.46. The summed E-state index contributed by atoms with van der Waals surface area (Å²) in [5.74, 6) is 0.688. The van der Waals surface area contributed by atoms with E-state index in [2.05, 4.69) is 19.9 Å². The topological polar surface area (TPSA) is 89.4 Å². The van der Waals surface area contributed by atoms with E-state index in [1.807, 2.05) is 30.9 Å². The number of fused-ring (bicyclic) bond motifs is 1. The number of carbonyl (C=O) groups excluding carboxylic acids is 2. The fourth-order valence-electron chi connectivity index (χ4n) is 4.99. The van der Waals surface area contributed by atoms with Crippen LogP contribution in [0.3, 0.4) is 0 Å². The van der Waals surface area contributed by atoms with Crippen molar-refractivity contribution in [3.8, 4) is 0 Å². The van der Waals surface area contributed by atoms with Crippen LogP contribution in [0.4, 0.5) is 4.79 Å². The highest BCUT2D eigenvalue weighted by atomic mass is 16.5. The molecule has 2 fully saturated rings. The van der Waals surface area contributed by atoms with E-state index >= 15 is 0 Å². The maximum absolute atomic E-state index is 13.1. The molecule has 1 N–H and O–H groups in total. The Labute approximate surface area is 177 Å². The number of pyridine rings is 1. The van der Waals surface area contributed by atoms with Crippen LogP contribution in [0.25, 0.3) is 11.2 Å². The molecule has 1 atom stereocenters. The Kier molecular flexibility index (Phi) is 5.92. The van der Waals surface area contributed by atoms with Gasteiger partial charge in [-0.25, -0.2) is 14.8 Å². The van der Waals surface area contributed by atoms with Gasteiger partial charge in [0.2, 0.25) is 0 Å². The minimum Gasteiger partial charge on any atom is -0.466 e. The quantitative estimate of drug-likeness (QED) is 0.760. The molecule has 0 unspecified atom stereocenters. The summed E-state index contributed by atoms with van der Waals surface area (Å²) < 4.78 is 7.33. The van der Waals surface area contributed by atoms with Crippen LogP contribution in [0.15, 0.2) is 18.3 Å². The van der Waals surface area contributed by atoms with Crippen LogP contribution in [-0.2, 0) is 9.53 Å². The number of aryl methyl sites for hydroxylation is 1. The molecule has 1 saturated heterocycles. The molecule has 1 saturated carbocycles. The zero-order valence-corrected chi connectivity index (χ0v) is 17.9. The lowest BCUT2D eigenvalue weighted by Gasteiger charge is -2.38. The minimum absolute atomic E-state index is 0.0845. The molecule has 0 aromatic carbocycles. The van der Waals surface area contributed by atoms with E-state index in [1.165, 1.54) is 0 Å². The van der Waals surface area contributed by atoms with Crippen molar-refractivity contribution in [2.75, 3.05) is 19.7 Å². The summed E-state index contributed by atoms with van der Waals surface area (Å²) in [6.45, 7) is 5.46. The van der Waals surface area contributed by atoms with Crippen LogP contribution in [-0.4, -0.2) is 56.7 Å². The number of amides is 2. The number of hydrogen-bond acceptors (Lipinski definition) is 5. The Morgan fingerprint density at radius 2 is 2.10 bits per heavy atom. The molecule has 0 radical (unpaired) electrons. The number of ether oxygens (including phenoxy) is 1. The molecule has 0 spiro atoms. The number of nitrogens with zero attached hydrogens (tertiary/aromatic N) is 4. The van der Waals surface area contributed by atoms with Crippen molar-refractivity contribution >= 4 is 23.2 Å². The Bertz CT molecular complexity index is 919. The van der Waals surface area contributed by atoms with Crippen LogP contribution in [0.5, 0.6) is 0 Å². The average Bonchev–Trinajstić information content (AvgIpc) is 3.32. The molecular weight excluding hydrogens is 382 g/mol. The predicted octanol–water partition coefficient (Wildman–Crippen LogP) is 3.35. The number of aromatic nitrogens is 3. The van der Waals surface area contributed by atoms with Crippen molar-refractivity contribution in [3.05, 3.63) is 24.2 Å². The molecule has 8 nitrogen and oxygen atoms in total. The average molecular weight is 414 g/mol. The molecule has 162 valence electrons. The fourth-order valence-corrected chi connectivity index (χ4v) is 4.99. The third-order valence-corrected chi connectivity index (χ3v) is 6.41. The largest absolute Gasteiger partial charge is 0.466 e. The first kappa shape index (κ1) is 20.6. The summed E-state index contributed by atoms with van der Waals surface area (Å²) in [5.41, 5.74) is 1.26. The number of nitrogens with one attached hydrogen (secondary N) is 1. The Morgan fingerprint density at radius 3 is 2.87 bits per heavy atom. The highest BCUT2D eigenvalue weighted by Gasteiger charge is 2.39. The van der Waals surface area contributed by atoms with Gasteiger partial charge >= 0.3 is 12.0 Å². The second-order valence-corrected chi connectivity index (χ2v) is 8.52. The number of likely N-dealkylation sites (tertiary alicyclic amines) is 1. The molecule has 1 aliphatic carbocycles. The number of hydrogen-bond donors (Lipinski definition) is 1. The lowest BCUT2D eigenvalue weighted by Crippen LogP contribution is -2.55. The number of rotatable bonds is 5. The number of carbonyl (C=O) groups is 2. The van der Waals surface area contributed by atoms with Gasteiger partial charge in [-0.3, -0.25) is 4.79 Å². The lowest BCUT2D eigenvalue weighted by atomic mass is 9.79. The first-order valence-corrected chi connectivity index (χ1v) is 11.0. The van der Waals surface area contributed by atoms with Gasteiger partial charge in [0.15, 0.2) is 5.65 Å². The van der Waals surface area contributed by atoms with E-state index in [4.69, 9.17) is 4.74 Å². The van der Waals surface area contributed by atoms with Crippen molar-refractivity contribution in [1.29, 1.82) is 0 Å². The molecule has 0 bridgehead atoms. The second-order valence-electron chi connectivity index (χ2n) is 8.52. The maximum Gasteiger partial charge on any atom is 0.317 e. The molecule has 2 aromatic heterocycles. The van der Waals surface area contributed by atoms with Crippen LogP contribution >= 0.6 is 0 Å². The smallest absolute Gasteiger partial charge is 0.317 e. The summed E-state index contributed by atoms with van der Waals surface area (Å²) in [6, 6.07) is 3.93. The van der Waals surface area contributed by atoms with Gasteiger partial charge in [-0.15, -0.1) is 0 Å². The normalized spacial score (nSPS) is 21.0. The van der Waals surface area contributed by atoms with Gasteiger partial charge in [-0.2, -0.15) is 0 Å². The van der Waals surface area contributed by atoms with Crippen LogP contribution in [0.1, 0.15) is 63.7 Å². The molecule has 2 aromatic rings. The van der Waals surface area contributed by atoms with Crippen LogP contribution < -0.4 is 5.32 Å². The molecule has 2 amide bonds. The second kappa shape index (κ2) is 8.62. The van der Waals surface area contributed by atoms with Crippen molar-refractivity contribution in [2.24, 2.45) is 0 Å². The first-order valence-electron chi connectivity index (χ1n) is 11.0. The number of esters is 1. The highest BCUT2D eigenvalue weighted by Crippen LogP contribution is 2.33. The Morgan fingerprint density at radius 1 is 1.30 bits per heavy atom. The monoisotopic (exact) mass is 413 g/mol. The summed E-state index contributed by atoms with van der Waals surface area (Å²) in [4.78, 5) is 36.3. The lowest BCUT2D eigenvalue weighted by molar-refractivity contribution is -0.145. The standard InChI is InChI=1S/C22H31N5O3/c1-3-30-19(28)14-22(10-5-4-6-11-22)25-21(29)26-13-9-17(15-26)27-16(2)24-18-8-7-12-23-20(18)27/h7-8,12,17H,3-6,9-11,13-15H2,1-2H3,(H,25,29)/t17-/m0/s1. The third-order valence-electron chi connectivity index (χ3n) is 6.41. The molecular formula is C22H31N5O3. The van der Waals surface area contributed by atoms with Gasteiger partial charge < -0.3 is 19.5 Å². The van der Waals surface area contributed by atoms with Crippen molar-refractivity contribution < 1.29 is 14.3 Å². The Hall–Kier alpha value is -2.64. The van der Waals surface area contributed by atoms with E-state index in [0.717, 1.165) is 55.5 Å². The summed E-state index contributed by atoms with van der Waals surface area (Å²) in [7, 11) is 0. The maximum atomic E-state index is 13.1. The zero-order chi connectivity index (χ0) is 21.1. The highest BCUT2D eigenvalue weighted by molar-refractivity contribution is 5.78. The van der Waals surface area contributed by atoms with E-state index in [0.29, 0.717) is 19.7 Å². The van der Waals surface area contributed by atoms with Crippen molar-refractivity contribution in [2.45, 2.75) is 70.4 Å². The summed E-state index contributed by atoms with van der Waals surface area (Å²) in [6.07, 6.45) is 7.73. The van der Waals surface area contributed by atoms with E-state index in [1.54, 1.807) is 6.20 Å². The third kappa shape index (κ3) is 4.13. The summed E-state index contributed by atoms with van der Waals surface area (Å²) in [5, 5.41) is 3.23. The predicted molar refractivity (Wildman–Crippen MR) is 113 cm³/mol. The van der Waals surface area contributed by atoms with Gasteiger partial charge in [0.25, 0.3) is 0 Å². The molecule has 4 rings (SSSR count). The van der Waals surface area contributed by atoms with Gasteiger partial charge in [0, 0.05) is 19.3 Å². The molecule has 3 heterocycles. The minimum atomic E-state index is -0.487. The molecule has 1 aliphatic heterocycles. The van der Waals surface area contributed by atoms with E-state index in [9.17, 15) is 9.59 Å². The van der Waals surface area contributed by atoms with Gasteiger partial charge in [0.05, 0.1) is 24.6 Å². The summed E-state index contributed by atoms with van der Waals surface area (Å²) >= 11 is 0. The van der Waals surface area contributed by atoms with Gasteiger partial charge in [-0.1, -0.05) is 19.3 Å². The number of imidazole rings is 1. The van der Waals surface area contributed by atoms with Gasteiger partial charge in [0.1, 0.15) is 11.3 Å². The van der Waals surface area contributed by atoms with Gasteiger partial charge in [-0.05, 0) is 45.2 Å².